The molecule has 8 aromatic carbocycles. The van der Waals surface area contributed by atoms with E-state index in [0.717, 1.165) is 72.3 Å². The summed E-state index contributed by atoms with van der Waals surface area (Å²) in [6.07, 6.45) is 0. The Bertz CT molecular complexity index is 3190. The van der Waals surface area contributed by atoms with Gasteiger partial charge < -0.3 is 4.42 Å². The molecule has 0 spiro atoms. The molecule has 58 heavy (non-hydrogen) atoms. The van der Waals surface area contributed by atoms with Gasteiger partial charge in [-0.05, 0) is 86.5 Å². The van der Waals surface area contributed by atoms with Crippen LogP contribution in [0.4, 0.5) is 0 Å². The van der Waals surface area contributed by atoms with Gasteiger partial charge in [0.1, 0.15) is 11.2 Å². The van der Waals surface area contributed by atoms with Crippen LogP contribution >= 0.6 is 0 Å². The van der Waals surface area contributed by atoms with Crippen molar-refractivity contribution in [1.29, 1.82) is 0 Å². The number of rotatable bonds is 6. The molecule has 10 aromatic rings. The molecule has 0 saturated carbocycles. The van der Waals surface area contributed by atoms with Gasteiger partial charge in [0.15, 0.2) is 5.82 Å². The highest BCUT2D eigenvalue weighted by Crippen LogP contribution is 2.52. The fraction of sp³-hybridized carbons (Fsp3) is 0.0545. The van der Waals surface area contributed by atoms with E-state index >= 15 is 0 Å². The molecule has 3 nitrogen and oxygen atoms in total. The maximum atomic E-state index is 6.56. The minimum atomic E-state index is -0.130. The zero-order chi connectivity index (χ0) is 38.8. The Kier molecular flexibility index (Phi) is 7.84. The second-order valence-corrected chi connectivity index (χ2v) is 15.8. The first-order chi connectivity index (χ1) is 28.5. The third-order valence-corrected chi connectivity index (χ3v) is 11.9. The van der Waals surface area contributed by atoms with Crippen LogP contribution in [0.3, 0.4) is 0 Å². The molecule has 0 fully saturated rings. The average Bonchev–Trinajstić information content (AvgIpc) is 3.79. The van der Waals surface area contributed by atoms with Crippen molar-refractivity contribution in [3.05, 3.63) is 205 Å². The quantitative estimate of drug-likeness (QED) is 0.170. The molecule has 0 radical (unpaired) electrons. The topological polar surface area (TPSA) is 38.9 Å². The van der Waals surface area contributed by atoms with Gasteiger partial charge in [-0.15, -0.1) is 0 Å². The van der Waals surface area contributed by atoms with Crippen molar-refractivity contribution in [1.82, 2.24) is 9.97 Å². The Morgan fingerprint density at radius 3 is 1.78 bits per heavy atom. The largest absolute Gasteiger partial charge is 0.455 e. The molecule has 0 amide bonds. The van der Waals surface area contributed by atoms with Crippen LogP contribution in [-0.2, 0) is 5.41 Å². The van der Waals surface area contributed by atoms with Crippen molar-refractivity contribution >= 4 is 21.9 Å². The van der Waals surface area contributed by atoms with Gasteiger partial charge in [0.2, 0.25) is 0 Å². The van der Waals surface area contributed by atoms with Gasteiger partial charge in [0.05, 0.1) is 11.4 Å². The highest BCUT2D eigenvalue weighted by Gasteiger charge is 2.37. The number of furan rings is 1. The minimum Gasteiger partial charge on any atom is -0.455 e. The summed E-state index contributed by atoms with van der Waals surface area (Å²) in [4.78, 5) is 10.6. The summed E-state index contributed by atoms with van der Waals surface area (Å²) in [5.41, 5.74) is 18.5. The SMILES string of the molecule is CC1(C)c2ccccc2-c2cccc(-c3cccc(-c4cc(-c5cc(-c6ccccc6)cc(-c6cccc7c6oc6ccccc67)c5)nc(-c5ccccc5)n4)c3)c21. The molecule has 1 aliphatic rings. The summed E-state index contributed by atoms with van der Waals surface area (Å²) in [7, 11) is 0. The number of hydrogen-bond donors (Lipinski definition) is 0. The number of benzene rings is 8. The standard InChI is InChI=1S/C55H38N2O/c1-55(2)48-28-11-9-22-44(48)46-26-14-24-42(52(46)55)37-20-13-21-38(30-37)49-34-50(57-54(56-49)36-18-7-4-8-19-36)41-32-39(35-16-5-3-6-17-35)31-40(33-41)43-25-15-27-47-45-23-10-12-29-51(45)58-53(43)47/h3-34H,1-2H3. The Hall–Kier alpha value is -7.36. The molecule has 0 bridgehead atoms. The van der Waals surface area contributed by atoms with E-state index < -0.39 is 0 Å². The maximum Gasteiger partial charge on any atom is 0.160 e. The molecular formula is C55H38N2O. The van der Waals surface area contributed by atoms with Crippen LogP contribution < -0.4 is 0 Å². The van der Waals surface area contributed by atoms with Crippen molar-refractivity contribution in [3.63, 3.8) is 0 Å². The Morgan fingerprint density at radius 1 is 0.379 bits per heavy atom. The Labute approximate surface area is 338 Å². The first kappa shape index (κ1) is 33.9. The van der Waals surface area contributed by atoms with Gasteiger partial charge in [-0.3, -0.25) is 0 Å². The number of aromatic nitrogens is 2. The predicted molar refractivity (Wildman–Crippen MR) is 239 cm³/mol. The maximum absolute atomic E-state index is 6.56. The lowest BCUT2D eigenvalue weighted by Crippen LogP contribution is -2.16. The van der Waals surface area contributed by atoms with Crippen molar-refractivity contribution in [2.24, 2.45) is 0 Å². The second-order valence-electron chi connectivity index (χ2n) is 15.8. The first-order valence-electron chi connectivity index (χ1n) is 19.9. The average molecular weight is 743 g/mol. The summed E-state index contributed by atoms with van der Waals surface area (Å²) in [6, 6.07) is 68.9. The van der Waals surface area contributed by atoms with Crippen LogP contribution in [0.5, 0.6) is 0 Å². The Morgan fingerprint density at radius 2 is 0.931 bits per heavy atom. The molecule has 3 heteroatoms. The summed E-state index contributed by atoms with van der Waals surface area (Å²) >= 11 is 0. The minimum absolute atomic E-state index is 0.130. The van der Waals surface area contributed by atoms with Crippen LogP contribution in [0.25, 0.3) is 100 Å². The molecule has 11 rings (SSSR count). The molecule has 0 atom stereocenters. The van der Waals surface area contributed by atoms with Crippen LogP contribution in [-0.4, -0.2) is 9.97 Å². The zero-order valence-electron chi connectivity index (χ0n) is 32.3. The van der Waals surface area contributed by atoms with Crippen molar-refractivity contribution in [3.8, 4) is 78.4 Å². The molecule has 0 saturated heterocycles. The monoisotopic (exact) mass is 742 g/mol. The van der Waals surface area contributed by atoms with Gasteiger partial charge in [0.25, 0.3) is 0 Å². The van der Waals surface area contributed by atoms with Gasteiger partial charge in [-0.25, -0.2) is 9.97 Å². The molecule has 2 heterocycles. The van der Waals surface area contributed by atoms with E-state index in [1.54, 1.807) is 0 Å². The number of hydrogen-bond acceptors (Lipinski definition) is 3. The van der Waals surface area contributed by atoms with Crippen LogP contribution in [0.15, 0.2) is 199 Å². The molecule has 274 valence electrons. The van der Waals surface area contributed by atoms with E-state index in [-0.39, 0.29) is 5.41 Å². The van der Waals surface area contributed by atoms with Crippen molar-refractivity contribution in [2.75, 3.05) is 0 Å². The number of para-hydroxylation sites is 2. The van der Waals surface area contributed by atoms with E-state index in [2.05, 4.69) is 178 Å². The number of nitrogens with zero attached hydrogens (tertiary/aromatic N) is 2. The van der Waals surface area contributed by atoms with Crippen LogP contribution in [0.1, 0.15) is 25.0 Å². The van der Waals surface area contributed by atoms with Crippen molar-refractivity contribution < 1.29 is 4.42 Å². The Balaban J connectivity index is 1.10. The van der Waals surface area contributed by atoms with E-state index in [9.17, 15) is 0 Å². The lowest BCUT2D eigenvalue weighted by Gasteiger charge is -2.24. The smallest absolute Gasteiger partial charge is 0.160 e. The van der Waals surface area contributed by atoms with Gasteiger partial charge in [-0.1, -0.05) is 172 Å². The summed E-state index contributed by atoms with van der Waals surface area (Å²) in [5.74, 6) is 0.682. The van der Waals surface area contributed by atoms with Crippen molar-refractivity contribution in [2.45, 2.75) is 19.3 Å². The molecule has 1 aliphatic carbocycles. The van der Waals surface area contributed by atoms with Gasteiger partial charge >= 0.3 is 0 Å². The fourth-order valence-corrected chi connectivity index (χ4v) is 9.10. The van der Waals surface area contributed by atoms with Crippen LogP contribution in [0, 0.1) is 0 Å². The normalized spacial score (nSPS) is 12.8. The van der Waals surface area contributed by atoms with Crippen LogP contribution in [0.2, 0.25) is 0 Å². The molecule has 0 N–H and O–H groups in total. The van der Waals surface area contributed by atoms with Gasteiger partial charge in [0, 0.05) is 38.4 Å². The zero-order valence-corrected chi connectivity index (χ0v) is 32.3. The summed E-state index contributed by atoms with van der Waals surface area (Å²) < 4.78 is 6.56. The summed E-state index contributed by atoms with van der Waals surface area (Å²) in [5, 5.41) is 2.22. The molecule has 0 aliphatic heterocycles. The van der Waals surface area contributed by atoms with E-state index in [1.807, 2.05) is 30.3 Å². The lowest BCUT2D eigenvalue weighted by molar-refractivity contribution is 0.662. The van der Waals surface area contributed by atoms with E-state index in [1.165, 1.54) is 33.4 Å². The van der Waals surface area contributed by atoms with E-state index in [0.29, 0.717) is 5.82 Å². The molecule has 0 unspecified atom stereocenters. The first-order valence-corrected chi connectivity index (χ1v) is 19.9. The highest BCUT2D eigenvalue weighted by atomic mass is 16.3. The number of fused-ring (bicyclic) bond motifs is 6. The van der Waals surface area contributed by atoms with E-state index in [4.69, 9.17) is 14.4 Å². The summed E-state index contributed by atoms with van der Waals surface area (Å²) in [6.45, 7) is 4.70. The third kappa shape index (κ3) is 5.58. The highest BCUT2D eigenvalue weighted by molar-refractivity contribution is 6.10. The van der Waals surface area contributed by atoms with Gasteiger partial charge in [-0.2, -0.15) is 0 Å². The molecule has 2 aromatic heterocycles. The fourth-order valence-electron chi connectivity index (χ4n) is 9.10. The third-order valence-electron chi connectivity index (χ3n) is 11.9. The predicted octanol–water partition coefficient (Wildman–Crippen LogP) is 14.7. The lowest BCUT2D eigenvalue weighted by atomic mass is 9.78. The molecular weight excluding hydrogens is 705 g/mol. The second kappa shape index (κ2) is 13.4.